The second-order valence-corrected chi connectivity index (χ2v) is 1.75. The molecule has 1 saturated heterocycles. The van der Waals surface area contributed by atoms with Gasteiger partial charge >= 0.3 is 25.1 Å². The fraction of sp³-hybridized carbons (Fsp3) is 0.333. The van der Waals surface area contributed by atoms with Gasteiger partial charge in [-0.25, -0.2) is 9.59 Å². The maximum atomic E-state index is 11.6. The van der Waals surface area contributed by atoms with Crippen LogP contribution in [0.15, 0.2) is 0 Å². The Hall–Kier alpha value is -1.25. The van der Waals surface area contributed by atoms with Crippen molar-refractivity contribution in [1.82, 2.24) is 0 Å². The average Bonchev–Trinajstić information content (AvgIpc) is 1.92. The van der Waals surface area contributed by atoms with E-state index in [0.29, 0.717) is 0 Å². The summed E-state index contributed by atoms with van der Waals surface area (Å²) in [7, 11) is -2.83. The molecule has 1 heterocycles. The molecule has 0 atom stereocenters. The average molecular weight is 184 g/mol. The molecule has 9 heteroatoms. The number of hydrogen-bond donors (Lipinski definition) is 0. The Morgan fingerprint density at radius 3 is 2.17 bits per heavy atom. The molecule has 0 radical (unpaired) electrons. The van der Waals surface area contributed by atoms with Gasteiger partial charge < -0.3 is 4.65 Å². The van der Waals surface area contributed by atoms with E-state index in [1.165, 1.54) is 0 Å². The third-order valence-corrected chi connectivity index (χ3v) is 0.859. The van der Waals surface area contributed by atoms with Gasteiger partial charge in [-0.15, -0.1) is 0 Å². The molecule has 0 saturated carbocycles. The monoisotopic (exact) mass is 184 g/mol. The third-order valence-electron chi connectivity index (χ3n) is 0.859. The van der Waals surface area contributed by atoms with Crippen LogP contribution in [-0.2, 0) is 23.9 Å². The van der Waals surface area contributed by atoms with E-state index in [2.05, 4.69) is 14.3 Å². The molecule has 0 bridgehead atoms. The second kappa shape index (κ2) is 2.66. The first kappa shape index (κ1) is 8.85. The molecule has 0 N–H and O–H groups in total. The van der Waals surface area contributed by atoms with Crippen molar-refractivity contribution in [2.45, 2.75) is 6.08 Å². The van der Waals surface area contributed by atoms with Crippen LogP contribution in [0, 0.1) is 0 Å². The molecule has 66 valence electrons. The van der Waals surface area contributed by atoms with Crippen molar-refractivity contribution >= 4 is 19.1 Å². The normalized spacial score (nSPS) is 18.8. The van der Waals surface area contributed by atoms with E-state index in [4.69, 9.17) is 0 Å². The molecule has 0 aromatic rings. The molecular formula is C3BF3O5. The van der Waals surface area contributed by atoms with E-state index < -0.39 is 25.1 Å². The topological polar surface area (TPSA) is 61.8 Å². The van der Waals surface area contributed by atoms with Gasteiger partial charge in [-0.3, -0.25) is 4.89 Å². The first-order chi connectivity index (χ1) is 5.41. The molecule has 0 spiro atoms. The van der Waals surface area contributed by atoms with E-state index >= 15 is 0 Å². The molecule has 0 amide bonds. The maximum absolute atomic E-state index is 11.6. The van der Waals surface area contributed by atoms with Gasteiger partial charge in [-0.1, -0.05) is 0 Å². The van der Waals surface area contributed by atoms with E-state index in [-0.39, 0.29) is 0 Å². The highest BCUT2D eigenvalue weighted by atomic mass is 19.4. The predicted octanol–water partition coefficient (Wildman–Crippen LogP) is -0.392. The van der Waals surface area contributed by atoms with Gasteiger partial charge in [0.15, 0.2) is 0 Å². The van der Waals surface area contributed by atoms with Crippen LogP contribution in [0.25, 0.3) is 0 Å². The van der Waals surface area contributed by atoms with Crippen LogP contribution >= 0.6 is 0 Å². The van der Waals surface area contributed by atoms with Crippen molar-refractivity contribution in [3.8, 4) is 0 Å². The molecule has 5 nitrogen and oxygen atoms in total. The highest BCUT2D eigenvalue weighted by Gasteiger charge is 2.58. The molecule has 1 rings (SSSR count). The number of alkyl halides is 3. The van der Waals surface area contributed by atoms with E-state index in [1.807, 2.05) is 0 Å². The quantitative estimate of drug-likeness (QED) is 0.291. The van der Waals surface area contributed by atoms with Gasteiger partial charge in [0, 0.05) is 0 Å². The summed E-state index contributed by atoms with van der Waals surface area (Å²) in [4.78, 5) is 27.1. The van der Waals surface area contributed by atoms with Crippen LogP contribution in [-0.4, -0.2) is 25.1 Å². The first-order valence-electron chi connectivity index (χ1n) is 2.56. The lowest BCUT2D eigenvalue weighted by atomic mass is 9.90. The highest BCUT2D eigenvalue weighted by Crippen LogP contribution is 2.22. The smallest absolute Gasteiger partial charge is 0.493 e. The zero-order valence-electron chi connectivity index (χ0n) is 5.25. The zero-order chi connectivity index (χ0) is 9.35. The summed E-state index contributed by atoms with van der Waals surface area (Å²) in [5, 5.41) is 0. The molecule has 1 fully saturated rings. The Labute approximate surface area is 63.4 Å². The molecule has 0 aromatic heterocycles. The standard InChI is InChI=1S/C3BF3O5/c5-3(6,7)4-10-1(8)2(9)11-12-4. The van der Waals surface area contributed by atoms with Crippen LogP contribution in [0.2, 0.25) is 0 Å². The molecule has 12 heavy (non-hydrogen) atoms. The Morgan fingerprint density at radius 2 is 1.75 bits per heavy atom. The van der Waals surface area contributed by atoms with Gasteiger partial charge in [-0.05, 0) is 0 Å². The Balaban J connectivity index is 2.63. The van der Waals surface area contributed by atoms with E-state index in [1.54, 1.807) is 0 Å². The summed E-state index contributed by atoms with van der Waals surface area (Å²) in [6, 6.07) is 0. The van der Waals surface area contributed by atoms with Crippen LogP contribution in [0.3, 0.4) is 0 Å². The minimum atomic E-state index is -4.91. The number of rotatable bonds is 0. The van der Waals surface area contributed by atoms with Crippen molar-refractivity contribution in [1.29, 1.82) is 0 Å². The SMILES string of the molecule is O=C1OOB(C(F)(F)F)OC1=O. The second-order valence-electron chi connectivity index (χ2n) is 1.75. The van der Waals surface area contributed by atoms with Crippen molar-refractivity contribution < 1.29 is 37.1 Å². The van der Waals surface area contributed by atoms with Gasteiger partial charge in [0.05, 0.1) is 0 Å². The highest BCUT2D eigenvalue weighted by molar-refractivity contribution is 6.53. The van der Waals surface area contributed by atoms with Gasteiger partial charge in [0.1, 0.15) is 0 Å². The van der Waals surface area contributed by atoms with E-state index in [0.717, 1.165) is 0 Å². The van der Waals surface area contributed by atoms with Crippen molar-refractivity contribution in [3.63, 3.8) is 0 Å². The summed E-state index contributed by atoms with van der Waals surface area (Å²) < 4.78 is 38.4. The largest absolute Gasteiger partial charge is 0.683 e. The third kappa shape index (κ3) is 1.67. The van der Waals surface area contributed by atoms with Crippen LogP contribution in [0.5, 0.6) is 0 Å². The zero-order valence-corrected chi connectivity index (χ0v) is 5.25. The van der Waals surface area contributed by atoms with E-state index in [9.17, 15) is 22.8 Å². The lowest BCUT2D eigenvalue weighted by Gasteiger charge is -2.17. The van der Waals surface area contributed by atoms with Crippen LogP contribution in [0.4, 0.5) is 13.2 Å². The molecule has 0 unspecified atom stereocenters. The van der Waals surface area contributed by atoms with Crippen molar-refractivity contribution in [3.05, 3.63) is 0 Å². The summed E-state index contributed by atoms with van der Waals surface area (Å²) in [5.74, 6) is -3.35. The van der Waals surface area contributed by atoms with Crippen LogP contribution < -0.4 is 0 Å². The van der Waals surface area contributed by atoms with Gasteiger partial charge in [0.25, 0.3) is 0 Å². The fourth-order valence-electron chi connectivity index (χ4n) is 0.408. The molecule has 0 aliphatic carbocycles. The molecular weight excluding hydrogens is 184 g/mol. The summed E-state index contributed by atoms with van der Waals surface area (Å²) in [5.41, 5.74) is 0. The Kier molecular flexibility index (Phi) is 1.96. The molecule has 0 aromatic carbocycles. The van der Waals surface area contributed by atoms with Crippen molar-refractivity contribution in [2.24, 2.45) is 0 Å². The van der Waals surface area contributed by atoms with Gasteiger partial charge in [-0.2, -0.15) is 18.0 Å². The summed E-state index contributed by atoms with van der Waals surface area (Å²) in [6.45, 7) is 0. The fourth-order valence-corrected chi connectivity index (χ4v) is 0.408. The minimum Gasteiger partial charge on any atom is -0.493 e. The Morgan fingerprint density at radius 1 is 1.17 bits per heavy atom. The van der Waals surface area contributed by atoms with Crippen molar-refractivity contribution in [2.75, 3.05) is 0 Å². The maximum Gasteiger partial charge on any atom is 0.683 e. The number of carbonyl (C=O) groups is 2. The lowest BCUT2D eigenvalue weighted by Crippen LogP contribution is -2.48. The Bertz CT molecular complexity index is 224. The first-order valence-corrected chi connectivity index (χ1v) is 2.56. The molecule has 1 aliphatic rings. The summed E-state index contributed by atoms with van der Waals surface area (Å²) >= 11 is 0. The molecule has 1 aliphatic heterocycles. The van der Waals surface area contributed by atoms with Crippen LogP contribution in [0.1, 0.15) is 0 Å². The number of carbonyl (C=O) groups excluding carboxylic acids is 2. The number of halogens is 3. The minimum absolute atomic E-state index is 1.62. The predicted molar refractivity (Wildman–Crippen MR) is 25.1 cm³/mol. The lowest BCUT2D eigenvalue weighted by molar-refractivity contribution is -0.252. The summed E-state index contributed by atoms with van der Waals surface area (Å²) in [6.07, 6.45) is -4.91. The van der Waals surface area contributed by atoms with Gasteiger partial charge in [0.2, 0.25) is 0 Å². The number of hydrogen-bond acceptors (Lipinski definition) is 5.